The first-order valence-corrected chi connectivity index (χ1v) is 16.8. The minimum atomic E-state index is -4.62. The van der Waals surface area contributed by atoms with Crippen LogP contribution in [0.25, 0.3) is 0 Å². The normalized spacial score (nSPS) is 14.5. The molecule has 0 fully saturated rings. The molecule has 4 rings (SSSR count). The molecular formula is C33H26F12P2. The Bertz CT molecular complexity index is 1360. The highest BCUT2D eigenvalue weighted by atomic mass is 31.1. The van der Waals surface area contributed by atoms with E-state index in [9.17, 15) is 52.7 Å². The Hall–Kier alpha value is -3.10. The van der Waals surface area contributed by atoms with Crippen molar-refractivity contribution in [1.29, 1.82) is 0 Å². The molecule has 0 saturated heterocycles. The zero-order valence-electron chi connectivity index (χ0n) is 24.5. The van der Waals surface area contributed by atoms with Gasteiger partial charge in [0.2, 0.25) is 0 Å². The minimum Gasteiger partial charge on any atom is -0.166 e. The quantitative estimate of drug-likeness (QED) is 0.126. The number of benzene rings is 4. The summed E-state index contributed by atoms with van der Waals surface area (Å²) >= 11 is 0. The van der Waals surface area contributed by atoms with Gasteiger partial charge in [-0.1, -0.05) is 62.4 Å². The standard InChI is InChI=1S/C33H26F12P2/c1-20(46(26-11-3-22(4-12-26)30(34,35)36)27-13-5-23(6-14-27)31(37,38)39)19-21(2)47(28-15-7-24(8-16-28)32(40,41)42)29-17-9-25(10-18-29)33(43,44)45/h3-18,20-21H,19H2,1-2H3/t20-,21-/m0/s1. The van der Waals surface area contributed by atoms with Crippen molar-refractivity contribution in [1.82, 2.24) is 0 Å². The molecule has 0 amide bonds. The largest absolute Gasteiger partial charge is 0.416 e. The molecule has 4 aromatic rings. The molecule has 0 N–H and O–H groups in total. The van der Waals surface area contributed by atoms with Gasteiger partial charge in [0.15, 0.2) is 0 Å². The molecule has 2 atom stereocenters. The molecule has 0 radical (unpaired) electrons. The van der Waals surface area contributed by atoms with Crippen LogP contribution < -0.4 is 21.2 Å². The molecule has 0 aliphatic heterocycles. The second-order valence-electron chi connectivity index (χ2n) is 10.9. The predicted octanol–water partition coefficient (Wildman–Crippen LogP) is 10.5. The lowest BCUT2D eigenvalue weighted by Crippen LogP contribution is -2.27. The van der Waals surface area contributed by atoms with E-state index in [2.05, 4.69) is 0 Å². The van der Waals surface area contributed by atoms with Gasteiger partial charge in [0.05, 0.1) is 22.3 Å². The lowest BCUT2D eigenvalue weighted by Gasteiger charge is -2.32. The lowest BCUT2D eigenvalue weighted by atomic mass is 10.2. The monoisotopic (exact) mass is 712 g/mol. The van der Waals surface area contributed by atoms with Gasteiger partial charge in [-0.25, -0.2) is 0 Å². The summed E-state index contributed by atoms with van der Waals surface area (Å²) in [6, 6.07) is 17.4. The Morgan fingerprint density at radius 1 is 0.362 bits per heavy atom. The Morgan fingerprint density at radius 2 is 0.532 bits per heavy atom. The van der Waals surface area contributed by atoms with Crippen molar-refractivity contribution in [2.24, 2.45) is 0 Å². The van der Waals surface area contributed by atoms with E-state index in [-0.39, 0.29) is 11.3 Å². The van der Waals surface area contributed by atoms with E-state index in [1.54, 1.807) is 13.8 Å². The van der Waals surface area contributed by atoms with Gasteiger partial charge < -0.3 is 0 Å². The molecule has 0 nitrogen and oxygen atoms in total. The number of rotatable bonds is 8. The number of halogens is 12. The minimum absolute atomic E-state index is 0.293. The van der Waals surface area contributed by atoms with Crippen LogP contribution in [-0.4, -0.2) is 11.3 Å². The summed E-state index contributed by atoms with van der Waals surface area (Å²) < 4.78 is 160. The fraction of sp³-hybridized carbons (Fsp3) is 0.273. The molecule has 0 bridgehead atoms. The topological polar surface area (TPSA) is 0 Å². The zero-order valence-corrected chi connectivity index (χ0v) is 26.3. The van der Waals surface area contributed by atoms with Crippen LogP contribution >= 0.6 is 15.8 Å². The highest BCUT2D eigenvalue weighted by Crippen LogP contribution is 2.49. The fourth-order valence-corrected chi connectivity index (χ4v) is 11.0. The van der Waals surface area contributed by atoms with Gasteiger partial charge >= 0.3 is 24.7 Å². The molecule has 0 spiro atoms. The fourth-order valence-electron chi connectivity index (χ4n) is 5.26. The maximum atomic E-state index is 13.3. The second kappa shape index (κ2) is 13.8. The number of hydrogen-bond donors (Lipinski definition) is 0. The van der Waals surface area contributed by atoms with E-state index < -0.39 is 62.8 Å². The molecule has 4 aromatic carbocycles. The van der Waals surface area contributed by atoms with Crippen molar-refractivity contribution < 1.29 is 52.7 Å². The van der Waals surface area contributed by atoms with Crippen molar-refractivity contribution >= 4 is 37.1 Å². The molecule has 0 aromatic heterocycles. The first-order chi connectivity index (χ1) is 21.7. The third kappa shape index (κ3) is 9.08. The van der Waals surface area contributed by atoms with Crippen molar-refractivity contribution in [3.05, 3.63) is 119 Å². The first-order valence-electron chi connectivity index (χ1n) is 13.9. The molecular weight excluding hydrogens is 686 g/mol. The Balaban J connectivity index is 1.74. The molecule has 14 heteroatoms. The van der Waals surface area contributed by atoms with Gasteiger partial charge in [-0.15, -0.1) is 0 Å². The van der Waals surface area contributed by atoms with Crippen molar-refractivity contribution in [3.63, 3.8) is 0 Å². The smallest absolute Gasteiger partial charge is 0.166 e. The van der Waals surface area contributed by atoms with Crippen LogP contribution in [0.1, 0.15) is 42.5 Å². The third-order valence-electron chi connectivity index (χ3n) is 7.45. The highest BCUT2D eigenvalue weighted by molar-refractivity contribution is 7.74. The SMILES string of the molecule is C[C@@H](C[C@H](C)P(c1ccc(C(F)(F)F)cc1)c1ccc(C(F)(F)F)cc1)P(c1ccc(C(F)(F)F)cc1)c1ccc(C(F)(F)F)cc1. The molecule has 0 aliphatic rings. The molecule has 0 unspecified atom stereocenters. The summed E-state index contributed by atoms with van der Waals surface area (Å²) in [7, 11) is -3.13. The van der Waals surface area contributed by atoms with Crippen LogP contribution in [-0.2, 0) is 24.7 Å². The van der Waals surface area contributed by atoms with Gasteiger partial charge in [0.1, 0.15) is 0 Å². The van der Waals surface area contributed by atoms with E-state index in [0.29, 0.717) is 27.6 Å². The average Bonchev–Trinajstić information content (AvgIpc) is 2.97. The van der Waals surface area contributed by atoms with Gasteiger partial charge in [-0.3, -0.25) is 0 Å². The van der Waals surface area contributed by atoms with Crippen LogP contribution in [0.4, 0.5) is 52.7 Å². The van der Waals surface area contributed by atoms with E-state index in [1.807, 2.05) is 0 Å². The number of alkyl halides is 12. The molecule has 47 heavy (non-hydrogen) atoms. The van der Waals surface area contributed by atoms with Crippen molar-refractivity contribution in [2.75, 3.05) is 0 Å². The lowest BCUT2D eigenvalue weighted by molar-refractivity contribution is -0.138. The Kier molecular flexibility index (Phi) is 10.8. The molecule has 0 aliphatic carbocycles. The average molecular weight is 712 g/mol. The predicted molar refractivity (Wildman–Crippen MR) is 162 cm³/mol. The van der Waals surface area contributed by atoms with Gasteiger partial charge in [0.25, 0.3) is 0 Å². The molecule has 252 valence electrons. The van der Waals surface area contributed by atoms with E-state index in [1.165, 1.54) is 48.5 Å². The van der Waals surface area contributed by atoms with Gasteiger partial charge in [-0.05, 0) is 103 Å². The van der Waals surface area contributed by atoms with E-state index >= 15 is 0 Å². The summed E-state index contributed by atoms with van der Waals surface area (Å²) in [5.74, 6) is 0. The maximum Gasteiger partial charge on any atom is 0.416 e. The van der Waals surface area contributed by atoms with Gasteiger partial charge in [-0.2, -0.15) is 52.7 Å². The van der Waals surface area contributed by atoms with Crippen LogP contribution in [0.5, 0.6) is 0 Å². The summed E-state index contributed by atoms with van der Waals surface area (Å²) in [5.41, 5.74) is -4.39. The van der Waals surface area contributed by atoms with Crippen LogP contribution in [0, 0.1) is 0 Å². The van der Waals surface area contributed by atoms with E-state index in [0.717, 1.165) is 48.5 Å². The van der Waals surface area contributed by atoms with Gasteiger partial charge in [0, 0.05) is 0 Å². The third-order valence-corrected chi connectivity index (χ3v) is 13.1. The van der Waals surface area contributed by atoms with E-state index in [4.69, 9.17) is 0 Å². The van der Waals surface area contributed by atoms with Crippen molar-refractivity contribution in [3.8, 4) is 0 Å². The Labute approximate surface area is 265 Å². The molecule has 0 saturated carbocycles. The first kappa shape index (κ1) is 36.7. The second-order valence-corrected chi connectivity index (χ2v) is 16.2. The highest BCUT2D eigenvalue weighted by Gasteiger charge is 2.35. The van der Waals surface area contributed by atoms with Crippen LogP contribution in [0.15, 0.2) is 97.1 Å². The molecule has 0 heterocycles. The van der Waals surface area contributed by atoms with Crippen LogP contribution in [0.2, 0.25) is 0 Å². The maximum absolute atomic E-state index is 13.3. The number of hydrogen-bond acceptors (Lipinski definition) is 0. The van der Waals surface area contributed by atoms with Crippen LogP contribution in [0.3, 0.4) is 0 Å². The van der Waals surface area contributed by atoms with Crippen molar-refractivity contribution in [2.45, 2.75) is 56.3 Å². The summed E-state index contributed by atoms with van der Waals surface area (Å²) in [5, 5.41) is 1.84. The Morgan fingerprint density at radius 3 is 0.681 bits per heavy atom. The summed E-state index contributed by atoms with van der Waals surface area (Å²) in [4.78, 5) is 0. The summed E-state index contributed by atoms with van der Waals surface area (Å²) in [6.07, 6.45) is -18.2. The summed E-state index contributed by atoms with van der Waals surface area (Å²) in [6.45, 7) is 3.56. The zero-order chi connectivity index (χ0) is 34.9.